The van der Waals surface area contributed by atoms with E-state index in [0.29, 0.717) is 24.2 Å². The number of nitrogens with zero attached hydrogens (tertiary/aromatic N) is 1. The topological polar surface area (TPSA) is 184 Å². The van der Waals surface area contributed by atoms with Gasteiger partial charge >= 0.3 is 18.3 Å². The second-order valence-electron chi connectivity index (χ2n) is 8.64. The van der Waals surface area contributed by atoms with Gasteiger partial charge < -0.3 is 40.5 Å². The third kappa shape index (κ3) is 13.1. The van der Waals surface area contributed by atoms with Crippen molar-refractivity contribution in [3.63, 3.8) is 0 Å². The first kappa shape index (κ1) is 37.5. The molecule has 0 saturated carbocycles. The lowest BCUT2D eigenvalue weighted by atomic mass is 10.1. The van der Waals surface area contributed by atoms with Crippen molar-refractivity contribution in [1.29, 1.82) is 0 Å². The summed E-state index contributed by atoms with van der Waals surface area (Å²) >= 11 is 0. The number of aliphatic carboxylic acids is 2. The Morgan fingerprint density at radius 2 is 1.56 bits per heavy atom. The number of carboxylic acids is 2. The minimum Gasteiger partial charge on any atom is -0.542 e. The van der Waals surface area contributed by atoms with E-state index in [9.17, 15) is 40.7 Å². The highest BCUT2D eigenvalue weighted by molar-refractivity contribution is 7.94. The average molecular weight is 622 g/mol. The molecule has 0 radical (unpaired) electrons. The summed E-state index contributed by atoms with van der Waals surface area (Å²) < 4.78 is 68.0. The molecule has 1 saturated heterocycles. The van der Waals surface area contributed by atoms with E-state index in [1.54, 1.807) is 24.0 Å². The number of alkyl halides is 6. The Labute approximate surface area is 233 Å². The van der Waals surface area contributed by atoms with Gasteiger partial charge in [0.05, 0.1) is 25.2 Å². The number of carbonyl (C=O) groups excluding carboxylic acids is 5. The number of hydrogen-bond acceptors (Lipinski definition) is 8. The fourth-order valence-electron chi connectivity index (χ4n) is 3.20. The Balaban J connectivity index is 0.000000941. The summed E-state index contributed by atoms with van der Waals surface area (Å²) in [6.45, 7) is 2.30. The molecule has 18 heteroatoms. The first-order valence-electron chi connectivity index (χ1n) is 11.4. The predicted octanol–water partition coefficient (Wildman–Crippen LogP) is -0.992. The summed E-state index contributed by atoms with van der Waals surface area (Å²) in [7, 11) is 1.47. The van der Waals surface area contributed by atoms with E-state index in [4.69, 9.17) is 24.5 Å². The molecule has 1 aromatic rings. The van der Waals surface area contributed by atoms with E-state index >= 15 is 0 Å². The minimum atomic E-state index is -5.19. The fourth-order valence-corrected chi connectivity index (χ4v) is 4.08. The zero-order valence-electron chi connectivity index (χ0n) is 22.3. The third-order valence-electron chi connectivity index (χ3n) is 4.95. The number of hydrogen-bond donors (Lipinski definition) is 2. The molecule has 0 spiro atoms. The number of amides is 2. The van der Waals surface area contributed by atoms with Crippen LogP contribution < -0.4 is 21.3 Å². The van der Waals surface area contributed by atoms with Crippen LogP contribution in [-0.4, -0.2) is 85.2 Å². The number of esters is 1. The summed E-state index contributed by atoms with van der Waals surface area (Å²) in [5.74, 6) is -6.02. The number of methoxy groups -OCH3 is 1. The number of benzene rings is 1. The van der Waals surface area contributed by atoms with Crippen molar-refractivity contribution in [2.24, 2.45) is 0 Å². The molecule has 2 atom stereocenters. The number of anilines is 1. The van der Waals surface area contributed by atoms with Crippen LogP contribution in [0.25, 0.3) is 0 Å². The molecular weight excluding hydrogens is 592 g/mol. The number of carbonyl (C=O) groups is 5. The Kier molecular flexibility index (Phi) is 14.7. The van der Waals surface area contributed by atoms with Crippen LogP contribution in [0.1, 0.15) is 35.7 Å². The number of halogens is 6. The molecule has 2 amide bonds. The van der Waals surface area contributed by atoms with E-state index in [-0.39, 0.29) is 28.8 Å². The normalized spacial score (nSPS) is 15.5. The molecule has 0 bridgehead atoms. The number of carboxylic acid groups (broad SMARTS) is 2. The Hall–Kier alpha value is -3.54. The van der Waals surface area contributed by atoms with Gasteiger partial charge in [0, 0.05) is 17.8 Å². The number of ether oxygens (including phenoxy) is 1. The highest BCUT2D eigenvalue weighted by atomic mass is 32.2. The van der Waals surface area contributed by atoms with Crippen molar-refractivity contribution < 1.29 is 71.0 Å². The number of rotatable bonds is 6. The molecule has 0 aliphatic carbocycles. The third-order valence-corrected chi connectivity index (χ3v) is 5.84. The molecule has 1 fully saturated rings. The van der Waals surface area contributed by atoms with Gasteiger partial charge in [-0.2, -0.15) is 26.3 Å². The van der Waals surface area contributed by atoms with E-state index in [1.165, 1.54) is 7.11 Å². The average Bonchev–Trinajstić information content (AvgIpc) is 3.33. The van der Waals surface area contributed by atoms with Crippen LogP contribution in [0.4, 0.5) is 32.0 Å². The largest absolute Gasteiger partial charge is 0.542 e. The molecule has 4 N–H and O–H groups in total. The van der Waals surface area contributed by atoms with Crippen molar-refractivity contribution >= 4 is 46.3 Å². The Bertz CT molecular complexity index is 1070. The van der Waals surface area contributed by atoms with Crippen LogP contribution in [0.2, 0.25) is 0 Å². The lowest BCUT2D eigenvalue weighted by Gasteiger charge is -2.24. The zero-order valence-corrected chi connectivity index (χ0v) is 23.1. The number of quaternary nitrogens is 1. The fraction of sp³-hybridized carbons (Fsp3) is 0.522. The van der Waals surface area contributed by atoms with Crippen molar-refractivity contribution in [2.75, 3.05) is 31.5 Å². The second kappa shape index (κ2) is 16.0. The summed E-state index contributed by atoms with van der Waals surface area (Å²) in [5.41, 5.74) is 5.65. The van der Waals surface area contributed by atoms with Gasteiger partial charge in [-0.3, -0.25) is 9.59 Å². The van der Waals surface area contributed by atoms with Gasteiger partial charge in [0.25, 0.3) is 5.91 Å². The van der Waals surface area contributed by atoms with Gasteiger partial charge in [-0.1, -0.05) is 6.07 Å². The maximum Gasteiger partial charge on any atom is 0.430 e. The Morgan fingerprint density at radius 1 is 1.07 bits per heavy atom. The first-order valence-corrected chi connectivity index (χ1v) is 13.6. The standard InChI is InChI=1S/C19H27N3O4S.2C2HF3O2/c1-12(20)18(24)22-9-5-6-16(22)17(23)21-14-8-7-13(11-27(3)4)15(10-14)19(25)26-2;2*3-2(4,5)1(6)7/h7-8,10,12,16H,5-6,9,11,20H2,1-4H3;2*(H,6,7)/t12-,16-;;/m0../s1. The van der Waals surface area contributed by atoms with Gasteiger partial charge in [0.2, 0.25) is 5.91 Å². The summed E-state index contributed by atoms with van der Waals surface area (Å²) in [4.78, 5) is 56.3. The van der Waals surface area contributed by atoms with E-state index in [0.717, 1.165) is 17.7 Å². The van der Waals surface area contributed by atoms with E-state index in [1.807, 2.05) is 6.07 Å². The molecule has 2 rings (SSSR count). The number of nitrogens with one attached hydrogen (secondary N) is 1. The summed E-state index contributed by atoms with van der Waals surface area (Å²) in [6, 6.07) is 4.40. The Morgan fingerprint density at radius 3 is 1.95 bits per heavy atom. The van der Waals surface area contributed by atoms with Crippen molar-refractivity contribution in [1.82, 2.24) is 4.90 Å². The lowest BCUT2D eigenvalue weighted by Crippen LogP contribution is -2.67. The summed E-state index contributed by atoms with van der Waals surface area (Å²) in [6.07, 6.45) is -4.77. The van der Waals surface area contributed by atoms with Crippen LogP contribution >= 0.6 is 0 Å². The van der Waals surface area contributed by atoms with Crippen molar-refractivity contribution in [2.45, 2.75) is 50.0 Å². The molecule has 232 valence electrons. The van der Waals surface area contributed by atoms with Crippen LogP contribution in [0.5, 0.6) is 0 Å². The molecular formula is C23H29F6N3O8S. The molecule has 0 aromatic heterocycles. The van der Waals surface area contributed by atoms with Crippen LogP contribution in [0, 0.1) is 0 Å². The predicted molar refractivity (Wildman–Crippen MR) is 129 cm³/mol. The smallest absolute Gasteiger partial charge is 0.430 e. The van der Waals surface area contributed by atoms with Gasteiger partial charge in [-0.15, -0.1) is 0 Å². The molecule has 0 unspecified atom stereocenters. The highest BCUT2D eigenvalue weighted by Gasteiger charge is 2.36. The summed E-state index contributed by atoms with van der Waals surface area (Å²) in [5, 5.41) is 20.4. The molecule has 1 aliphatic rings. The molecule has 1 aromatic carbocycles. The van der Waals surface area contributed by atoms with Crippen molar-refractivity contribution in [3.8, 4) is 0 Å². The molecule has 11 nitrogen and oxygen atoms in total. The van der Waals surface area contributed by atoms with Gasteiger partial charge in [-0.05, 0) is 42.8 Å². The molecule has 1 heterocycles. The first-order chi connectivity index (χ1) is 18.6. The number of likely N-dealkylation sites (tertiary alicyclic amines) is 1. The quantitative estimate of drug-likeness (QED) is 0.230. The molecule has 41 heavy (non-hydrogen) atoms. The van der Waals surface area contributed by atoms with Gasteiger partial charge in [-0.25, -0.2) is 4.79 Å². The van der Waals surface area contributed by atoms with Gasteiger partial charge in [0.1, 0.15) is 23.7 Å². The van der Waals surface area contributed by atoms with E-state index < -0.39 is 36.3 Å². The second-order valence-corrected chi connectivity index (χ2v) is 10.9. The molecule has 1 aliphatic heterocycles. The van der Waals surface area contributed by atoms with Gasteiger partial charge in [0.15, 0.2) is 6.04 Å². The monoisotopic (exact) mass is 621 g/mol. The minimum absolute atomic E-state index is 0.115. The lowest BCUT2D eigenvalue weighted by molar-refractivity contribution is -0.400. The van der Waals surface area contributed by atoms with Crippen molar-refractivity contribution in [3.05, 3.63) is 29.3 Å². The van der Waals surface area contributed by atoms with Crippen LogP contribution in [0.15, 0.2) is 18.2 Å². The van der Waals surface area contributed by atoms with Crippen LogP contribution in [0.3, 0.4) is 0 Å². The van der Waals surface area contributed by atoms with Crippen LogP contribution in [-0.2, 0) is 40.6 Å². The zero-order chi connectivity index (χ0) is 32.3. The maximum absolute atomic E-state index is 12.7. The highest BCUT2D eigenvalue weighted by Crippen LogP contribution is 2.23. The van der Waals surface area contributed by atoms with E-state index in [2.05, 4.69) is 23.6 Å². The SMILES string of the molecule is COC(=O)c1cc(NC(=O)[C@@H]2CCCN2C(=O)[C@H](C)[NH3+])ccc1C[S+](C)C.O=C([O-])C(F)(F)F.O=C([O-])C(F)(F)F. The maximum atomic E-state index is 12.7.